The fraction of sp³-hybridized carbons (Fsp3) is 0.781. The van der Waals surface area contributed by atoms with Crippen molar-refractivity contribution < 1.29 is 48.0 Å². The maximum Gasteiger partial charge on any atom is 0.310 e. The molecule has 230 valence electrons. The van der Waals surface area contributed by atoms with E-state index < -0.39 is 81.6 Å². The van der Waals surface area contributed by atoms with Gasteiger partial charge in [0.25, 0.3) is 0 Å². The number of carbonyl (C=O) groups is 3. The van der Waals surface area contributed by atoms with Gasteiger partial charge in [0, 0.05) is 41.9 Å². The summed E-state index contributed by atoms with van der Waals surface area (Å²) in [4.78, 5) is 39.8. The van der Waals surface area contributed by atoms with E-state index in [2.05, 4.69) is 6.92 Å². The summed E-state index contributed by atoms with van der Waals surface area (Å²) in [5.74, 6) is -2.75. The molecule has 0 unspecified atom stereocenters. The molecule has 13 atom stereocenters. The van der Waals surface area contributed by atoms with Crippen molar-refractivity contribution in [2.75, 3.05) is 6.61 Å². The zero-order chi connectivity index (χ0) is 30.2. The Morgan fingerprint density at radius 1 is 1.07 bits per heavy atom. The van der Waals surface area contributed by atoms with Crippen LogP contribution < -0.4 is 0 Å². The van der Waals surface area contributed by atoms with Crippen molar-refractivity contribution in [2.24, 2.45) is 39.4 Å². The van der Waals surface area contributed by atoms with Gasteiger partial charge >= 0.3 is 11.9 Å². The fourth-order valence-electron chi connectivity index (χ4n) is 11.1. The van der Waals surface area contributed by atoms with Gasteiger partial charge in [-0.1, -0.05) is 27.7 Å². The molecule has 6 fully saturated rings. The van der Waals surface area contributed by atoms with Crippen LogP contribution >= 0.6 is 0 Å². The Kier molecular flexibility index (Phi) is 5.88. The largest absolute Gasteiger partial charge is 0.472 e. The highest BCUT2D eigenvalue weighted by Crippen LogP contribution is 2.82. The number of ketones is 1. The topological polar surface area (TPSA) is 145 Å². The number of ether oxygens (including phenoxy) is 4. The molecule has 3 heterocycles. The standard InChI is InChI=1S/C32H42O10/c1-15(2)26(37)41-27-29(5)20-10-21(35)30(6)25(31(20,14-39-27)22(36)11-23(29)40-16(3)33)19(34)12-28(4)18(17-7-8-38-13-17)9-24-32(28,30)42-24/h7-8,13,15,18,20-25,27,35-36H,9-12,14H2,1-6H3/t18-,20-,21+,22-,23+,24+,25-,27-,28-,29-,30+,31+,32+/m0/s1. The molecular weight excluding hydrogens is 544 g/mol. The van der Waals surface area contributed by atoms with Crippen LogP contribution in [0.4, 0.5) is 0 Å². The number of aliphatic hydroxyl groups is 2. The van der Waals surface area contributed by atoms with Gasteiger partial charge in [0.05, 0.1) is 48.8 Å². The SMILES string of the molecule is CC(=O)O[C@@H]1C[C@H](O)[C@@]23CO[C@@H](OC(=O)C(C)C)[C@@]1(C)[C@@H]2C[C@@H](O)[C@]1(C)[C@@H]3C(=O)C[C@@]2(C)[C@H](c3ccoc3)C[C@H]3O[C@@]312. The van der Waals surface area contributed by atoms with E-state index in [0.717, 1.165) is 5.56 Å². The minimum Gasteiger partial charge on any atom is -0.472 e. The second-order valence-electron chi connectivity index (χ2n) is 14.8. The summed E-state index contributed by atoms with van der Waals surface area (Å²) in [5, 5.41) is 24.3. The molecule has 10 heteroatoms. The lowest BCUT2D eigenvalue weighted by Gasteiger charge is -2.72. The number of fused-ring (bicyclic) bond motifs is 1. The third-order valence-electron chi connectivity index (χ3n) is 12.8. The molecule has 6 aliphatic rings. The van der Waals surface area contributed by atoms with Crippen LogP contribution in [-0.2, 0) is 33.3 Å². The van der Waals surface area contributed by atoms with Crippen molar-refractivity contribution in [3.63, 3.8) is 0 Å². The molecule has 2 aliphatic heterocycles. The molecule has 7 rings (SSSR count). The van der Waals surface area contributed by atoms with Crippen LogP contribution in [0.3, 0.4) is 0 Å². The smallest absolute Gasteiger partial charge is 0.310 e. The lowest BCUT2D eigenvalue weighted by atomic mass is 9.33. The van der Waals surface area contributed by atoms with Gasteiger partial charge in [0.1, 0.15) is 17.5 Å². The number of furan rings is 1. The van der Waals surface area contributed by atoms with E-state index in [-0.39, 0.29) is 43.7 Å². The average molecular weight is 587 g/mol. The molecule has 10 nitrogen and oxygen atoms in total. The molecule has 1 spiro atoms. The van der Waals surface area contributed by atoms with Gasteiger partial charge in [-0.25, -0.2) is 0 Å². The number of carbonyl (C=O) groups excluding carboxylic acids is 3. The van der Waals surface area contributed by atoms with Crippen LogP contribution in [0.2, 0.25) is 0 Å². The average Bonchev–Trinajstić information content (AvgIpc) is 3.27. The van der Waals surface area contributed by atoms with Crippen LogP contribution in [0.1, 0.15) is 78.7 Å². The van der Waals surface area contributed by atoms with E-state index in [4.69, 9.17) is 23.4 Å². The second-order valence-corrected chi connectivity index (χ2v) is 14.8. The van der Waals surface area contributed by atoms with Crippen molar-refractivity contribution in [2.45, 2.75) is 109 Å². The van der Waals surface area contributed by atoms with Gasteiger partial charge in [-0.05, 0) is 43.2 Å². The van der Waals surface area contributed by atoms with E-state index in [1.807, 2.05) is 19.9 Å². The first-order valence-electron chi connectivity index (χ1n) is 15.3. The van der Waals surface area contributed by atoms with Crippen LogP contribution in [-0.4, -0.2) is 70.8 Å². The summed E-state index contributed by atoms with van der Waals surface area (Å²) in [6.45, 7) is 10.6. The molecule has 2 saturated heterocycles. The molecule has 0 aromatic carbocycles. The van der Waals surface area contributed by atoms with Crippen LogP contribution in [0.15, 0.2) is 23.0 Å². The first-order valence-corrected chi connectivity index (χ1v) is 15.3. The summed E-state index contributed by atoms with van der Waals surface area (Å²) in [5.41, 5.74) is -3.57. The molecule has 0 radical (unpaired) electrons. The first-order chi connectivity index (χ1) is 19.7. The van der Waals surface area contributed by atoms with Gasteiger partial charge in [-0.2, -0.15) is 0 Å². The Morgan fingerprint density at radius 2 is 1.81 bits per heavy atom. The molecule has 2 N–H and O–H groups in total. The Bertz CT molecular complexity index is 1320. The van der Waals surface area contributed by atoms with Crippen molar-refractivity contribution in [1.29, 1.82) is 0 Å². The normalized spacial score (nSPS) is 52.1. The highest BCUT2D eigenvalue weighted by Gasteiger charge is 2.90. The monoisotopic (exact) mass is 586 g/mol. The van der Waals surface area contributed by atoms with Crippen LogP contribution in [0, 0.1) is 39.4 Å². The summed E-state index contributed by atoms with van der Waals surface area (Å²) in [6.07, 6.45) is 0.474. The zero-order valence-electron chi connectivity index (χ0n) is 25.1. The van der Waals surface area contributed by atoms with E-state index in [1.165, 1.54) is 6.92 Å². The minimum absolute atomic E-state index is 0.0245. The van der Waals surface area contributed by atoms with E-state index in [0.29, 0.717) is 6.42 Å². The highest BCUT2D eigenvalue weighted by molar-refractivity contribution is 5.87. The Morgan fingerprint density at radius 3 is 2.45 bits per heavy atom. The van der Waals surface area contributed by atoms with E-state index in [1.54, 1.807) is 26.4 Å². The second kappa shape index (κ2) is 8.67. The molecule has 0 amide bonds. The number of esters is 2. The van der Waals surface area contributed by atoms with E-state index in [9.17, 15) is 24.6 Å². The maximum atomic E-state index is 14.7. The summed E-state index contributed by atoms with van der Waals surface area (Å²) in [7, 11) is 0. The van der Waals surface area contributed by atoms with Gasteiger partial charge in [0.15, 0.2) is 0 Å². The third kappa shape index (κ3) is 3.07. The first kappa shape index (κ1) is 28.5. The Hall–Kier alpha value is -2.27. The Balaban J connectivity index is 1.36. The van der Waals surface area contributed by atoms with E-state index >= 15 is 0 Å². The zero-order valence-corrected chi connectivity index (χ0v) is 25.1. The van der Waals surface area contributed by atoms with Gasteiger partial charge in [0.2, 0.25) is 6.29 Å². The van der Waals surface area contributed by atoms with Crippen LogP contribution in [0.5, 0.6) is 0 Å². The molecule has 1 aromatic rings. The molecule has 4 aliphatic carbocycles. The molecule has 42 heavy (non-hydrogen) atoms. The number of rotatable bonds is 4. The van der Waals surface area contributed by atoms with Crippen molar-refractivity contribution in [3.05, 3.63) is 24.2 Å². The maximum absolute atomic E-state index is 14.7. The molecule has 2 bridgehead atoms. The summed E-state index contributed by atoms with van der Waals surface area (Å²) in [6, 6.07) is 1.94. The summed E-state index contributed by atoms with van der Waals surface area (Å²) >= 11 is 0. The third-order valence-corrected chi connectivity index (χ3v) is 12.8. The van der Waals surface area contributed by atoms with Crippen molar-refractivity contribution in [1.82, 2.24) is 0 Å². The molecule has 4 saturated carbocycles. The number of hydrogen-bond donors (Lipinski definition) is 2. The quantitative estimate of drug-likeness (QED) is 0.399. The molecule has 1 aromatic heterocycles. The lowest BCUT2D eigenvalue weighted by Crippen LogP contribution is -2.80. The Labute approximate surface area is 245 Å². The minimum atomic E-state index is -1.12. The fourth-order valence-corrected chi connectivity index (χ4v) is 11.1. The highest BCUT2D eigenvalue weighted by atomic mass is 16.7. The predicted molar refractivity (Wildman–Crippen MR) is 144 cm³/mol. The van der Waals surface area contributed by atoms with Gasteiger partial charge in [-0.3, -0.25) is 14.4 Å². The van der Waals surface area contributed by atoms with Gasteiger partial charge in [-0.15, -0.1) is 0 Å². The van der Waals surface area contributed by atoms with Crippen LogP contribution in [0.25, 0.3) is 0 Å². The number of Topliss-reactive ketones (excluding diaryl/α,β-unsaturated/α-hetero) is 1. The summed E-state index contributed by atoms with van der Waals surface area (Å²) < 4.78 is 30.1. The van der Waals surface area contributed by atoms with Gasteiger partial charge < -0.3 is 33.6 Å². The van der Waals surface area contributed by atoms with Crippen molar-refractivity contribution >= 4 is 17.7 Å². The number of epoxide rings is 1. The number of hydrogen-bond acceptors (Lipinski definition) is 10. The number of aliphatic hydroxyl groups excluding tert-OH is 2. The van der Waals surface area contributed by atoms with Crippen molar-refractivity contribution in [3.8, 4) is 0 Å². The predicted octanol–water partition coefficient (Wildman–Crippen LogP) is 3.13. The lowest BCUT2D eigenvalue weighted by molar-refractivity contribution is -0.372. The molecular formula is C32H42O10.